The number of phenols is 1. The number of likely N-dealkylation sites (N-methyl/N-ethyl adjacent to an activating group) is 1. The number of benzene rings is 1. The summed E-state index contributed by atoms with van der Waals surface area (Å²) in [5, 5.41) is 20.1. The summed E-state index contributed by atoms with van der Waals surface area (Å²) < 4.78 is 30.4. The number of rotatable bonds is 2. The van der Waals surface area contributed by atoms with Gasteiger partial charge in [0.15, 0.2) is 0 Å². The SMILES string of the molecule is CN([C@@H]1c2cc(O)ccc2OC(C)(C)[C@H]1O)S(C)(=O)=O. The molecule has 0 saturated carbocycles. The quantitative estimate of drug-likeness (QED) is 0.846. The van der Waals surface area contributed by atoms with Gasteiger partial charge >= 0.3 is 0 Å². The molecule has 0 aromatic heterocycles. The van der Waals surface area contributed by atoms with E-state index >= 15 is 0 Å². The van der Waals surface area contributed by atoms with Gasteiger partial charge in [0, 0.05) is 12.6 Å². The Kier molecular flexibility index (Phi) is 3.48. The highest BCUT2D eigenvalue weighted by atomic mass is 32.2. The zero-order chi connectivity index (χ0) is 15.3. The molecule has 1 aliphatic heterocycles. The Bertz CT molecular complexity index is 626. The second-order valence-electron chi connectivity index (χ2n) is 5.60. The maximum Gasteiger partial charge on any atom is 0.211 e. The monoisotopic (exact) mass is 301 g/mol. The van der Waals surface area contributed by atoms with Crippen molar-refractivity contribution in [1.82, 2.24) is 4.31 Å². The first-order chi connectivity index (χ1) is 9.04. The second-order valence-corrected chi connectivity index (χ2v) is 7.64. The van der Waals surface area contributed by atoms with E-state index in [-0.39, 0.29) is 5.75 Å². The van der Waals surface area contributed by atoms with Crippen LogP contribution >= 0.6 is 0 Å². The van der Waals surface area contributed by atoms with Crippen molar-refractivity contribution in [3.63, 3.8) is 0 Å². The number of aliphatic hydroxyl groups is 1. The van der Waals surface area contributed by atoms with E-state index in [0.717, 1.165) is 10.6 Å². The molecule has 1 aromatic rings. The summed E-state index contributed by atoms with van der Waals surface area (Å²) in [6.45, 7) is 3.38. The third-order valence-electron chi connectivity index (χ3n) is 3.61. The van der Waals surface area contributed by atoms with Gasteiger partial charge in [0.05, 0.1) is 12.3 Å². The lowest BCUT2D eigenvalue weighted by molar-refractivity contribution is -0.0763. The Morgan fingerprint density at radius 1 is 1.35 bits per heavy atom. The van der Waals surface area contributed by atoms with Gasteiger partial charge in [-0.2, -0.15) is 4.31 Å². The van der Waals surface area contributed by atoms with Gasteiger partial charge in [0.25, 0.3) is 0 Å². The molecule has 2 N–H and O–H groups in total. The Labute approximate surface area is 118 Å². The number of phenolic OH excluding ortho intramolecular Hbond substituents is 1. The molecule has 1 aromatic carbocycles. The van der Waals surface area contributed by atoms with E-state index < -0.39 is 27.8 Å². The molecule has 112 valence electrons. The molecule has 0 aliphatic carbocycles. The largest absolute Gasteiger partial charge is 0.508 e. The lowest BCUT2D eigenvalue weighted by atomic mass is 9.86. The molecule has 0 radical (unpaired) electrons. The second kappa shape index (κ2) is 4.61. The van der Waals surface area contributed by atoms with Crippen LogP contribution in [-0.4, -0.2) is 47.9 Å². The van der Waals surface area contributed by atoms with E-state index in [1.807, 2.05) is 0 Å². The summed E-state index contributed by atoms with van der Waals surface area (Å²) in [5.74, 6) is 0.449. The topological polar surface area (TPSA) is 87.1 Å². The van der Waals surface area contributed by atoms with Crippen molar-refractivity contribution in [3.05, 3.63) is 23.8 Å². The Balaban J connectivity index is 2.62. The first kappa shape index (κ1) is 15.1. The molecule has 2 rings (SSSR count). The summed E-state index contributed by atoms with van der Waals surface area (Å²) in [6, 6.07) is 3.64. The van der Waals surface area contributed by atoms with Crippen molar-refractivity contribution in [2.24, 2.45) is 0 Å². The molecule has 20 heavy (non-hydrogen) atoms. The zero-order valence-corrected chi connectivity index (χ0v) is 12.7. The van der Waals surface area contributed by atoms with Crippen LogP contribution in [0.1, 0.15) is 25.5 Å². The van der Waals surface area contributed by atoms with Crippen LogP contribution in [0.4, 0.5) is 0 Å². The maximum absolute atomic E-state index is 11.8. The molecule has 0 bridgehead atoms. The third-order valence-corrected chi connectivity index (χ3v) is 4.88. The van der Waals surface area contributed by atoms with Crippen LogP contribution in [0.3, 0.4) is 0 Å². The number of aliphatic hydroxyl groups excluding tert-OH is 1. The molecule has 0 fully saturated rings. The molecule has 0 amide bonds. The number of hydrogen-bond acceptors (Lipinski definition) is 5. The van der Waals surface area contributed by atoms with Gasteiger partial charge in [-0.15, -0.1) is 0 Å². The van der Waals surface area contributed by atoms with Crippen LogP contribution in [-0.2, 0) is 10.0 Å². The highest BCUT2D eigenvalue weighted by Gasteiger charge is 2.46. The number of aromatic hydroxyl groups is 1. The lowest BCUT2D eigenvalue weighted by Gasteiger charge is -2.44. The minimum Gasteiger partial charge on any atom is -0.508 e. The molecule has 0 spiro atoms. The van der Waals surface area contributed by atoms with Gasteiger partial charge in [0.2, 0.25) is 10.0 Å². The molecule has 1 heterocycles. The number of hydrogen-bond donors (Lipinski definition) is 2. The van der Waals surface area contributed by atoms with Crippen molar-refractivity contribution >= 4 is 10.0 Å². The molecule has 6 nitrogen and oxygen atoms in total. The van der Waals surface area contributed by atoms with E-state index in [1.54, 1.807) is 19.9 Å². The molecule has 7 heteroatoms. The van der Waals surface area contributed by atoms with Crippen LogP contribution in [0, 0.1) is 0 Å². The summed E-state index contributed by atoms with van der Waals surface area (Å²) in [5.41, 5.74) is -0.488. The zero-order valence-electron chi connectivity index (χ0n) is 11.9. The number of nitrogens with zero attached hydrogens (tertiary/aromatic N) is 1. The standard InChI is InChI=1S/C13H19NO5S/c1-13(2)12(16)11(14(3)20(4,17)18)9-7-8(15)5-6-10(9)19-13/h5-7,11-12,15-16H,1-4H3/t11-,12+/m1/s1. The molecule has 1 aliphatic rings. The number of fused-ring (bicyclic) bond motifs is 1. The molecular weight excluding hydrogens is 282 g/mol. The Hall–Kier alpha value is -1.31. The predicted molar refractivity (Wildman–Crippen MR) is 74.2 cm³/mol. The Morgan fingerprint density at radius 2 is 1.95 bits per heavy atom. The summed E-state index contributed by atoms with van der Waals surface area (Å²) in [4.78, 5) is 0. The fourth-order valence-corrected chi connectivity index (χ4v) is 3.00. The van der Waals surface area contributed by atoms with Crippen LogP contribution in [0.2, 0.25) is 0 Å². The van der Waals surface area contributed by atoms with Crippen molar-refractivity contribution in [3.8, 4) is 11.5 Å². The Morgan fingerprint density at radius 3 is 2.50 bits per heavy atom. The van der Waals surface area contributed by atoms with Crippen molar-refractivity contribution in [2.45, 2.75) is 31.6 Å². The highest BCUT2D eigenvalue weighted by molar-refractivity contribution is 7.88. The van der Waals surface area contributed by atoms with Crippen molar-refractivity contribution in [2.75, 3.05) is 13.3 Å². The normalized spacial score (nSPS) is 25.1. The minimum atomic E-state index is -3.50. The van der Waals surface area contributed by atoms with Gasteiger partial charge in [-0.05, 0) is 32.0 Å². The van der Waals surface area contributed by atoms with Gasteiger partial charge in [0.1, 0.15) is 23.2 Å². The maximum atomic E-state index is 11.8. The van der Waals surface area contributed by atoms with Crippen LogP contribution in [0.25, 0.3) is 0 Å². The first-order valence-corrected chi connectivity index (χ1v) is 8.02. The van der Waals surface area contributed by atoms with Gasteiger partial charge in [-0.1, -0.05) is 0 Å². The van der Waals surface area contributed by atoms with E-state index in [4.69, 9.17) is 4.74 Å². The van der Waals surface area contributed by atoms with Crippen LogP contribution < -0.4 is 4.74 Å². The number of ether oxygens (including phenoxy) is 1. The molecular formula is C13H19NO5S. The average Bonchev–Trinajstić information content (AvgIpc) is 2.30. The predicted octanol–water partition coefficient (Wildman–Crippen LogP) is 0.857. The van der Waals surface area contributed by atoms with E-state index in [0.29, 0.717) is 11.3 Å². The van der Waals surface area contributed by atoms with E-state index in [1.165, 1.54) is 19.2 Å². The highest BCUT2D eigenvalue weighted by Crippen LogP contribution is 2.44. The van der Waals surface area contributed by atoms with Gasteiger partial charge < -0.3 is 14.9 Å². The summed E-state index contributed by atoms with van der Waals surface area (Å²) >= 11 is 0. The third kappa shape index (κ3) is 2.48. The molecule has 2 atom stereocenters. The van der Waals surface area contributed by atoms with Crippen LogP contribution in [0.15, 0.2) is 18.2 Å². The fraction of sp³-hybridized carbons (Fsp3) is 0.538. The van der Waals surface area contributed by atoms with Crippen molar-refractivity contribution < 1.29 is 23.4 Å². The van der Waals surface area contributed by atoms with Crippen molar-refractivity contribution in [1.29, 1.82) is 0 Å². The smallest absolute Gasteiger partial charge is 0.211 e. The molecule has 0 unspecified atom stereocenters. The van der Waals surface area contributed by atoms with Gasteiger partial charge in [-0.3, -0.25) is 0 Å². The summed E-state index contributed by atoms with van der Waals surface area (Å²) in [7, 11) is -2.10. The lowest BCUT2D eigenvalue weighted by Crippen LogP contribution is -2.53. The fourth-order valence-electron chi connectivity index (χ4n) is 2.35. The van der Waals surface area contributed by atoms with Crippen LogP contribution in [0.5, 0.6) is 11.5 Å². The van der Waals surface area contributed by atoms with Gasteiger partial charge in [-0.25, -0.2) is 8.42 Å². The minimum absolute atomic E-state index is 0.00819. The summed E-state index contributed by atoms with van der Waals surface area (Å²) in [6.07, 6.45) is 0.0153. The average molecular weight is 301 g/mol. The van der Waals surface area contributed by atoms with E-state index in [2.05, 4.69) is 0 Å². The molecule has 0 saturated heterocycles. The van der Waals surface area contributed by atoms with E-state index in [9.17, 15) is 18.6 Å². The first-order valence-electron chi connectivity index (χ1n) is 6.17. The number of sulfonamides is 1.